The third-order valence-electron chi connectivity index (χ3n) is 2.95. The summed E-state index contributed by atoms with van der Waals surface area (Å²) in [6.45, 7) is 1.42. The normalized spacial score (nSPS) is 20.6. The van der Waals surface area contributed by atoms with Crippen molar-refractivity contribution in [2.24, 2.45) is 11.7 Å². The van der Waals surface area contributed by atoms with Crippen LogP contribution in [-0.2, 0) is 9.59 Å². The lowest BCUT2D eigenvalue weighted by molar-refractivity contribution is -0.117. The van der Waals surface area contributed by atoms with Crippen molar-refractivity contribution in [1.29, 1.82) is 0 Å². The summed E-state index contributed by atoms with van der Waals surface area (Å²) in [5, 5.41) is 5.43. The molecule has 1 saturated carbocycles. The Morgan fingerprint density at radius 2 is 2.05 bits per heavy atom. The molecule has 1 aliphatic rings. The second-order valence-corrected chi connectivity index (χ2v) is 4.59. The van der Waals surface area contributed by atoms with E-state index >= 15 is 0 Å². The molecule has 6 nitrogen and oxygen atoms in total. The van der Waals surface area contributed by atoms with E-state index in [1.165, 1.54) is 14.0 Å². The highest BCUT2D eigenvalue weighted by Crippen LogP contribution is 2.32. The maximum absolute atomic E-state index is 11.9. The second kappa shape index (κ2) is 5.27. The van der Waals surface area contributed by atoms with Gasteiger partial charge in [0, 0.05) is 18.7 Å². The predicted molar refractivity (Wildman–Crippen MR) is 72.0 cm³/mol. The Balaban J connectivity index is 2.16. The van der Waals surface area contributed by atoms with E-state index in [0.717, 1.165) is 0 Å². The average Bonchev–Trinajstić information content (AvgIpc) is 3.06. The van der Waals surface area contributed by atoms with Crippen LogP contribution in [0.25, 0.3) is 0 Å². The smallest absolute Gasteiger partial charge is 0.229 e. The Morgan fingerprint density at radius 3 is 2.58 bits per heavy atom. The zero-order chi connectivity index (χ0) is 14.0. The third kappa shape index (κ3) is 3.23. The van der Waals surface area contributed by atoms with Crippen LogP contribution in [0.3, 0.4) is 0 Å². The van der Waals surface area contributed by atoms with E-state index < -0.39 is 0 Å². The fourth-order valence-electron chi connectivity index (χ4n) is 1.83. The zero-order valence-corrected chi connectivity index (χ0v) is 10.9. The van der Waals surface area contributed by atoms with Crippen LogP contribution in [0, 0.1) is 5.92 Å². The minimum Gasteiger partial charge on any atom is -0.495 e. The number of nitrogens with two attached hydrogens (primary N) is 1. The van der Waals surface area contributed by atoms with E-state index in [0.29, 0.717) is 23.5 Å². The van der Waals surface area contributed by atoms with Gasteiger partial charge in [-0.05, 0) is 24.6 Å². The summed E-state index contributed by atoms with van der Waals surface area (Å²) in [5.74, 6) is 0.114. The number of carbonyl (C=O) groups excluding carboxylic acids is 2. The second-order valence-electron chi connectivity index (χ2n) is 4.59. The minimum absolute atomic E-state index is 0.0514. The zero-order valence-electron chi connectivity index (χ0n) is 10.9. The van der Waals surface area contributed by atoms with Gasteiger partial charge in [-0.2, -0.15) is 0 Å². The first-order chi connectivity index (χ1) is 9.01. The van der Waals surface area contributed by atoms with E-state index in [1.54, 1.807) is 18.2 Å². The topological polar surface area (TPSA) is 93.5 Å². The number of rotatable bonds is 4. The van der Waals surface area contributed by atoms with Crippen LogP contribution >= 0.6 is 0 Å². The number of ether oxygens (including phenoxy) is 1. The van der Waals surface area contributed by atoms with E-state index in [9.17, 15) is 9.59 Å². The van der Waals surface area contributed by atoms with Gasteiger partial charge in [0.2, 0.25) is 11.8 Å². The lowest BCUT2D eigenvalue weighted by atomic mass is 10.2. The number of amides is 2. The molecule has 2 amide bonds. The van der Waals surface area contributed by atoms with Crippen molar-refractivity contribution in [2.45, 2.75) is 19.4 Å². The van der Waals surface area contributed by atoms with Crippen molar-refractivity contribution < 1.29 is 14.3 Å². The van der Waals surface area contributed by atoms with Crippen molar-refractivity contribution >= 4 is 23.2 Å². The minimum atomic E-state index is -0.174. The quantitative estimate of drug-likeness (QED) is 0.753. The number of methoxy groups -OCH3 is 1. The molecule has 2 unspecified atom stereocenters. The molecule has 0 aliphatic heterocycles. The largest absolute Gasteiger partial charge is 0.495 e. The first kappa shape index (κ1) is 13.4. The highest BCUT2D eigenvalue weighted by molar-refractivity contribution is 5.97. The number of carbonyl (C=O) groups is 2. The Hall–Kier alpha value is -2.08. The summed E-state index contributed by atoms with van der Waals surface area (Å²) in [7, 11) is 1.52. The van der Waals surface area contributed by atoms with Crippen LogP contribution in [0.1, 0.15) is 13.3 Å². The summed E-state index contributed by atoms with van der Waals surface area (Å²) < 4.78 is 5.17. The summed E-state index contributed by atoms with van der Waals surface area (Å²) in [6, 6.07) is 5.00. The molecule has 0 bridgehead atoms. The van der Waals surface area contributed by atoms with Gasteiger partial charge in [-0.3, -0.25) is 9.59 Å². The standard InChI is InChI=1S/C13H17N3O3/c1-7(17)15-8-3-4-12(19-2)11(5-8)16-13(18)9-6-10(9)14/h3-5,9-10H,6,14H2,1-2H3,(H,15,17)(H,16,18). The van der Waals surface area contributed by atoms with Crippen LogP contribution in [0.5, 0.6) is 5.75 Å². The number of hydrogen-bond acceptors (Lipinski definition) is 4. The lowest BCUT2D eigenvalue weighted by Gasteiger charge is -2.12. The molecule has 0 aromatic heterocycles. The molecular formula is C13H17N3O3. The van der Waals surface area contributed by atoms with E-state index in [2.05, 4.69) is 10.6 Å². The molecule has 4 N–H and O–H groups in total. The number of anilines is 2. The predicted octanol–water partition coefficient (Wildman–Crippen LogP) is 0.939. The van der Waals surface area contributed by atoms with Crippen molar-refractivity contribution in [2.75, 3.05) is 17.7 Å². The molecule has 1 aromatic carbocycles. The van der Waals surface area contributed by atoms with Crippen molar-refractivity contribution in [3.05, 3.63) is 18.2 Å². The maximum Gasteiger partial charge on any atom is 0.229 e. The molecule has 6 heteroatoms. The van der Waals surface area contributed by atoms with Crippen LogP contribution in [0.15, 0.2) is 18.2 Å². The van der Waals surface area contributed by atoms with Crippen LogP contribution < -0.4 is 21.1 Å². The maximum atomic E-state index is 11.9. The van der Waals surface area contributed by atoms with Crippen molar-refractivity contribution in [3.8, 4) is 5.75 Å². The first-order valence-electron chi connectivity index (χ1n) is 6.03. The van der Waals surface area contributed by atoms with Crippen molar-refractivity contribution in [3.63, 3.8) is 0 Å². The van der Waals surface area contributed by atoms with Gasteiger partial charge >= 0.3 is 0 Å². The molecule has 0 radical (unpaired) electrons. The fraction of sp³-hybridized carbons (Fsp3) is 0.385. The van der Waals surface area contributed by atoms with Crippen LogP contribution in [0.2, 0.25) is 0 Å². The molecule has 2 atom stereocenters. The van der Waals surface area contributed by atoms with Crippen LogP contribution in [-0.4, -0.2) is 25.0 Å². The summed E-state index contributed by atoms with van der Waals surface area (Å²) in [4.78, 5) is 22.9. The van der Waals surface area contributed by atoms with E-state index in [1.807, 2.05) is 0 Å². The molecule has 19 heavy (non-hydrogen) atoms. The highest BCUT2D eigenvalue weighted by Gasteiger charge is 2.40. The molecule has 102 valence electrons. The number of hydrogen-bond donors (Lipinski definition) is 3. The SMILES string of the molecule is COc1ccc(NC(C)=O)cc1NC(=O)C1CC1N. The average molecular weight is 263 g/mol. The Morgan fingerprint density at radius 1 is 1.37 bits per heavy atom. The molecule has 0 saturated heterocycles. The van der Waals surface area contributed by atoms with E-state index in [4.69, 9.17) is 10.5 Å². The molecule has 0 spiro atoms. The fourth-order valence-corrected chi connectivity index (χ4v) is 1.83. The Labute approximate surface area is 111 Å². The van der Waals surface area contributed by atoms with Gasteiger partial charge in [0.15, 0.2) is 0 Å². The van der Waals surface area contributed by atoms with Crippen LogP contribution in [0.4, 0.5) is 11.4 Å². The Bertz CT molecular complexity index is 516. The summed E-state index contributed by atoms with van der Waals surface area (Å²) in [6.07, 6.45) is 0.708. The van der Waals surface area contributed by atoms with Gasteiger partial charge in [0.25, 0.3) is 0 Å². The monoisotopic (exact) mass is 263 g/mol. The summed E-state index contributed by atoms with van der Waals surface area (Å²) >= 11 is 0. The van der Waals surface area contributed by atoms with Gasteiger partial charge in [0.1, 0.15) is 5.75 Å². The number of benzene rings is 1. The molecule has 1 aliphatic carbocycles. The highest BCUT2D eigenvalue weighted by atomic mass is 16.5. The van der Waals surface area contributed by atoms with E-state index in [-0.39, 0.29) is 23.8 Å². The van der Waals surface area contributed by atoms with Crippen molar-refractivity contribution in [1.82, 2.24) is 0 Å². The summed E-state index contributed by atoms with van der Waals surface area (Å²) in [5.41, 5.74) is 6.76. The third-order valence-corrected chi connectivity index (χ3v) is 2.95. The van der Waals surface area contributed by atoms with Gasteiger partial charge in [-0.1, -0.05) is 0 Å². The number of nitrogens with one attached hydrogen (secondary N) is 2. The Kier molecular flexibility index (Phi) is 3.71. The van der Waals surface area contributed by atoms with Gasteiger partial charge in [-0.15, -0.1) is 0 Å². The molecule has 0 heterocycles. The first-order valence-corrected chi connectivity index (χ1v) is 6.03. The van der Waals surface area contributed by atoms with Gasteiger partial charge in [-0.25, -0.2) is 0 Å². The molecule has 2 rings (SSSR count). The lowest BCUT2D eigenvalue weighted by Crippen LogP contribution is -2.19. The molecular weight excluding hydrogens is 246 g/mol. The molecule has 1 fully saturated rings. The van der Waals surface area contributed by atoms with Gasteiger partial charge in [0.05, 0.1) is 18.7 Å². The van der Waals surface area contributed by atoms with Gasteiger partial charge < -0.3 is 21.1 Å². The molecule has 1 aromatic rings.